The predicted octanol–water partition coefficient (Wildman–Crippen LogP) is 12.2. The van der Waals surface area contributed by atoms with Gasteiger partial charge in [0.05, 0.1) is 22.2 Å². The first-order valence-corrected chi connectivity index (χ1v) is 17.4. The molecule has 10 rings (SSSR count). The van der Waals surface area contributed by atoms with Crippen LogP contribution in [0.25, 0.3) is 99.2 Å². The van der Waals surface area contributed by atoms with E-state index in [9.17, 15) is 0 Å². The van der Waals surface area contributed by atoms with Gasteiger partial charge in [0.2, 0.25) is 0 Å². The largest absolute Gasteiger partial charge is 0.256 e. The van der Waals surface area contributed by atoms with E-state index in [1.165, 1.54) is 21.9 Å². The van der Waals surface area contributed by atoms with E-state index in [4.69, 9.17) is 9.97 Å². The van der Waals surface area contributed by atoms with Gasteiger partial charge in [0.1, 0.15) is 0 Å². The highest BCUT2D eigenvalue weighted by Crippen LogP contribution is 2.37. The van der Waals surface area contributed by atoms with Crippen molar-refractivity contribution in [3.63, 3.8) is 0 Å². The molecule has 0 spiro atoms. The van der Waals surface area contributed by atoms with Crippen molar-refractivity contribution in [2.45, 2.75) is 0 Å². The van der Waals surface area contributed by atoms with E-state index in [-0.39, 0.29) is 0 Å². The first-order chi connectivity index (χ1) is 25.7. The Labute approximate surface area is 300 Å². The molecule has 0 saturated carbocycles. The summed E-state index contributed by atoms with van der Waals surface area (Å²) in [5.74, 6) is 0. The summed E-state index contributed by atoms with van der Waals surface area (Å²) in [6.45, 7) is 0. The van der Waals surface area contributed by atoms with Gasteiger partial charge in [-0.25, -0.2) is 0 Å². The fraction of sp³-hybridized carbons (Fsp3) is 0. The quantitative estimate of drug-likeness (QED) is 0.172. The van der Waals surface area contributed by atoms with Crippen LogP contribution in [0.15, 0.2) is 183 Å². The van der Waals surface area contributed by atoms with Crippen LogP contribution >= 0.6 is 0 Å². The molecule has 0 atom stereocenters. The molecular weight excluding hydrogens is 633 g/mol. The van der Waals surface area contributed by atoms with Gasteiger partial charge >= 0.3 is 0 Å². The van der Waals surface area contributed by atoms with Crippen LogP contribution in [-0.4, -0.2) is 19.9 Å². The molecular formula is C48H30N4. The molecule has 10 aromatic rings. The minimum atomic E-state index is 0.904. The second-order valence-electron chi connectivity index (χ2n) is 13.1. The van der Waals surface area contributed by atoms with Gasteiger partial charge in [0.15, 0.2) is 0 Å². The molecule has 4 nitrogen and oxygen atoms in total. The molecule has 0 fully saturated rings. The van der Waals surface area contributed by atoms with Crippen molar-refractivity contribution in [1.82, 2.24) is 19.9 Å². The number of pyridine rings is 4. The lowest BCUT2D eigenvalue weighted by Gasteiger charge is -2.13. The van der Waals surface area contributed by atoms with E-state index in [1.807, 2.05) is 36.9 Å². The van der Waals surface area contributed by atoms with Crippen LogP contribution in [-0.2, 0) is 0 Å². The van der Waals surface area contributed by atoms with Crippen molar-refractivity contribution in [2.24, 2.45) is 0 Å². The molecule has 0 amide bonds. The Kier molecular flexibility index (Phi) is 7.10. The number of fused-ring (bicyclic) bond motifs is 5. The summed E-state index contributed by atoms with van der Waals surface area (Å²) in [6, 6.07) is 55.9. The van der Waals surface area contributed by atoms with Crippen LogP contribution in [0.1, 0.15) is 0 Å². The molecule has 4 aromatic heterocycles. The van der Waals surface area contributed by atoms with E-state index in [2.05, 4.69) is 156 Å². The van der Waals surface area contributed by atoms with E-state index in [1.54, 1.807) is 0 Å². The molecule has 0 unspecified atom stereocenters. The molecule has 52 heavy (non-hydrogen) atoms. The zero-order valence-electron chi connectivity index (χ0n) is 28.1. The average Bonchev–Trinajstić information content (AvgIpc) is 3.23. The zero-order valence-corrected chi connectivity index (χ0v) is 28.1. The van der Waals surface area contributed by atoms with Crippen molar-refractivity contribution >= 4 is 43.5 Å². The summed E-state index contributed by atoms with van der Waals surface area (Å²) in [5, 5.41) is 5.76. The highest BCUT2D eigenvalue weighted by atomic mass is 14.7. The van der Waals surface area contributed by atoms with E-state index < -0.39 is 0 Å². The number of hydrogen-bond donors (Lipinski definition) is 0. The number of hydrogen-bond acceptors (Lipinski definition) is 4. The Balaban J connectivity index is 1.06. The third kappa shape index (κ3) is 5.26. The van der Waals surface area contributed by atoms with Crippen LogP contribution in [0, 0.1) is 0 Å². The molecule has 0 bridgehead atoms. The Hall–Kier alpha value is -7.04. The summed E-state index contributed by atoms with van der Waals surface area (Å²) >= 11 is 0. The summed E-state index contributed by atoms with van der Waals surface area (Å²) in [6.07, 6.45) is 7.53. The lowest BCUT2D eigenvalue weighted by molar-refractivity contribution is 1.32. The Morgan fingerprint density at radius 2 is 0.962 bits per heavy atom. The van der Waals surface area contributed by atoms with E-state index in [0.717, 1.165) is 77.3 Å². The van der Waals surface area contributed by atoms with E-state index >= 15 is 0 Å². The van der Waals surface area contributed by atoms with Gasteiger partial charge in [0.25, 0.3) is 0 Å². The fourth-order valence-corrected chi connectivity index (χ4v) is 7.40. The van der Waals surface area contributed by atoms with Crippen LogP contribution < -0.4 is 0 Å². The first kappa shape index (κ1) is 29.8. The number of benzene rings is 6. The van der Waals surface area contributed by atoms with Gasteiger partial charge in [-0.3, -0.25) is 19.9 Å². The van der Waals surface area contributed by atoms with Crippen molar-refractivity contribution in [1.29, 1.82) is 0 Å². The monoisotopic (exact) mass is 662 g/mol. The van der Waals surface area contributed by atoms with Crippen LogP contribution in [0.4, 0.5) is 0 Å². The number of aromatic nitrogens is 4. The Bertz CT molecular complexity index is 2940. The molecule has 0 aliphatic heterocycles. The molecule has 0 aliphatic carbocycles. The molecule has 4 heteroatoms. The molecule has 0 saturated heterocycles. The number of nitrogens with zero attached hydrogens (tertiary/aromatic N) is 4. The summed E-state index contributed by atoms with van der Waals surface area (Å²) in [4.78, 5) is 19.1. The SMILES string of the molecule is c1ccc2c(-c3ccc(-c4cc(-c5ccc(-c6cnc7c(ccc8cccnc87)c6)cn5)cc(-c5cccc6ncccc56)c4)cc3)cccc2c1. The average molecular weight is 663 g/mol. The Morgan fingerprint density at radius 1 is 0.308 bits per heavy atom. The maximum atomic E-state index is 5.02. The van der Waals surface area contributed by atoms with Crippen molar-refractivity contribution in [3.05, 3.63) is 183 Å². The lowest BCUT2D eigenvalue weighted by atomic mass is 9.92. The maximum absolute atomic E-state index is 5.02. The lowest BCUT2D eigenvalue weighted by Crippen LogP contribution is -1.91. The second kappa shape index (κ2) is 12.4. The van der Waals surface area contributed by atoms with Crippen LogP contribution in [0.5, 0.6) is 0 Å². The second-order valence-corrected chi connectivity index (χ2v) is 13.1. The third-order valence-electron chi connectivity index (χ3n) is 10.0. The van der Waals surface area contributed by atoms with Gasteiger partial charge in [-0.1, -0.05) is 109 Å². The predicted molar refractivity (Wildman–Crippen MR) is 215 cm³/mol. The molecule has 242 valence electrons. The van der Waals surface area contributed by atoms with Gasteiger partial charge in [0, 0.05) is 57.6 Å². The van der Waals surface area contributed by atoms with Crippen LogP contribution in [0.2, 0.25) is 0 Å². The zero-order chi connectivity index (χ0) is 34.4. The normalized spacial score (nSPS) is 11.5. The highest BCUT2D eigenvalue weighted by Gasteiger charge is 2.13. The van der Waals surface area contributed by atoms with Crippen molar-refractivity contribution in [2.75, 3.05) is 0 Å². The molecule has 4 heterocycles. The van der Waals surface area contributed by atoms with E-state index in [0.29, 0.717) is 0 Å². The molecule has 0 N–H and O–H groups in total. The minimum Gasteiger partial charge on any atom is -0.256 e. The molecule has 0 aliphatic rings. The molecule has 6 aromatic carbocycles. The Morgan fingerprint density at radius 3 is 1.87 bits per heavy atom. The smallest absolute Gasteiger partial charge is 0.0964 e. The van der Waals surface area contributed by atoms with Crippen molar-refractivity contribution in [3.8, 4) is 55.8 Å². The van der Waals surface area contributed by atoms with Gasteiger partial charge in [-0.05, 0) is 92.7 Å². The van der Waals surface area contributed by atoms with Gasteiger partial charge in [-0.2, -0.15) is 0 Å². The fourth-order valence-electron chi connectivity index (χ4n) is 7.40. The molecule has 0 radical (unpaired) electrons. The maximum Gasteiger partial charge on any atom is 0.0964 e. The van der Waals surface area contributed by atoms with Gasteiger partial charge < -0.3 is 0 Å². The minimum absolute atomic E-state index is 0.904. The van der Waals surface area contributed by atoms with Crippen LogP contribution in [0.3, 0.4) is 0 Å². The van der Waals surface area contributed by atoms with Crippen molar-refractivity contribution < 1.29 is 0 Å². The number of rotatable bonds is 5. The summed E-state index contributed by atoms with van der Waals surface area (Å²) in [7, 11) is 0. The highest BCUT2D eigenvalue weighted by molar-refractivity contribution is 6.03. The third-order valence-corrected chi connectivity index (χ3v) is 10.0. The van der Waals surface area contributed by atoms with Gasteiger partial charge in [-0.15, -0.1) is 0 Å². The summed E-state index contributed by atoms with van der Waals surface area (Å²) in [5.41, 5.74) is 13.7. The first-order valence-electron chi connectivity index (χ1n) is 17.4. The standard InChI is InChI=1S/C48H30N4/c1-2-10-41-32(7-1)8-3-11-42(41)33-17-15-31(16-18-33)37-26-38(43-12-4-14-46-44(43)13-6-23-49-46)28-39(27-37)45-22-21-36(29-51-45)40-25-35-20-19-34-9-5-24-50-47(34)48(35)52-30-40/h1-30H. The summed E-state index contributed by atoms with van der Waals surface area (Å²) < 4.78 is 0. The topological polar surface area (TPSA) is 51.6 Å².